The molecule has 0 aliphatic heterocycles. The highest BCUT2D eigenvalue weighted by Gasteiger charge is 2.46. The molecule has 3 atom stereocenters. The molecule has 1 saturated carbocycles. The average molecular weight is 224 g/mol. The van der Waals surface area contributed by atoms with Gasteiger partial charge in [-0.05, 0) is 38.3 Å². The van der Waals surface area contributed by atoms with Gasteiger partial charge in [0, 0.05) is 5.92 Å². The van der Waals surface area contributed by atoms with Crippen molar-refractivity contribution in [2.45, 2.75) is 32.2 Å². The largest absolute Gasteiger partial charge is 0.466 e. The van der Waals surface area contributed by atoms with Gasteiger partial charge in [0.05, 0.1) is 6.04 Å². The van der Waals surface area contributed by atoms with Gasteiger partial charge >= 0.3 is 6.03 Å². The molecule has 0 radical (unpaired) electrons. The first-order chi connectivity index (χ1) is 7.50. The minimum absolute atomic E-state index is 0.225. The van der Waals surface area contributed by atoms with E-state index < -0.39 is 6.03 Å². The smallest absolute Gasteiger partial charge is 0.338 e. The minimum atomic E-state index is -0.811. The summed E-state index contributed by atoms with van der Waals surface area (Å²) >= 11 is 0. The van der Waals surface area contributed by atoms with Crippen molar-refractivity contribution >= 4 is 6.03 Å². The van der Waals surface area contributed by atoms with Gasteiger partial charge in [-0.1, -0.05) is 0 Å². The maximum atomic E-state index is 10.8. The summed E-state index contributed by atoms with van der Waals surface area (Å²) in [7, 11) is 0. The second kappa shape index (κ2) is 3.83. The highest BCUT2D eigenvalue weighted by Crippen LogP contribution is 2.50. The topological polar surface area (TPSA) is 79.7 Å². The van der Waals surface area contributed by atoms with Crippen LogP contribution in [0.4, 0.5) is 4.79 Å². The van der Waals surface area contributed by atoms with Crippen LogP contribution in [-0.2, 0) is 0 Å². The number of furan rings is 1. The SMILES string of the molecule is Cc1ccc(C2CC2C(C)N(O)C(N)=O)o1. The van der Waals surface area contributed by atoms with Crippen LogP contribution < -0.4 is 5.73 Å². The number of rotatable bonds is 3. The first kappa shape index (κ1) is 11.0. The van der Waals surface area contributed by atoms with E-state index in [0.717, 1.165) is 17.9 Å². The predicted molar refractivity (Wildman–Crippen MR) is 57.0 cm³/mol. The van der Waals surface area contributed by atoms with E-state index in [1.807, 2.05) is 19.1 Å². The third kappa shape index (κ3) is 1.90. The van der Waals surface area contributed by atoms with Gasteiger partial charge in [0.15, 0.2) is 0 Å². The molecule has 0 spiro atoms. The van der Waals surface area contributed by atoms with Crippen LogP contribution in [0.15, 0.2) is 16.5 Å². The molecule has 0 bridgehead atoms. The summed E-state index contributed by atoms with van der Waals surface area (Å²) in [6.45, 7) is 3.68. The van der Waals surface area contributed by atoms with Crippen LogP contribution >= 0.6 is 0 Å². The summed E-state index contributed by atoms with van der Waals surface area (Å²) in [5, 5.41) is 10.0. The van der Waals surface area contributed by atoms with E-state index in [9.17, 15) is 10.0 Å². The normalized spacial score (nSPS) is 25.2. The summed E-state index contributed by atoms with van der Waals surface area (Å²) < 4.78 is 5.51. The average Bonchev–Trinajstić information content (AvgIpc) is 2.92. The highest BCUT2D eigenvalue weighted by molar-refractivity contribution is 5.71. The number of carbonyl (C=O) groups excluding carboxylic acids is 1. The summed E-state index contributed by atoms with van der Waals surface area (Å²) in [5.74, 6) is 2.32. The molecule has 16 heavy (non-hydrogen) atoms. The molecule has 1 aliphatic carbocycles. The van der Waals surface area contributed by atoms with Crippen LogP contribution in [0.2, 0.25) is 0 Å². The Morgan fingerprint density at radius 1 is 1.69 bits per heavy atom. The Bertz CT molecular complexity index is 402. The van der Waals surface area contributed by atoms with Crippen molar-refractivity contribution in [1.29, 1.82) is 0 Å². The maximum Gasteiger partial charge on any atom is 0.338 e. The summed E-state index contributed by atoms with van der Waals surface area (Å²) in [6, 6.07) is 2.78. The molecule has 3 unspecified atom stereocenters. The lowest BCUT2D eigenvalue weighted by molar-refractivity contribution is -0.0761. The molecule has 0 aromatic carbocycles. The fourth-order valence-electron chi connectivity index (χ4n) is 2.11. The highest BCUT2D eigenvalue weighted by atomic mass is 16.5. The Morgan fingerprint density at radius 2 is 2.38 bits per heavy atom. The zero-order valence-corrected chi connectivity index (χ0v) is 9.38. The number of nitrogens with zero attached hydrogens (tertiary/aromatic N) is 1. The van der Waals surface area contributed by atoms with E-state index in [1.54, 1.807) is 6.92 Å². The van der Waals surface area contributed by atoms with Gasteiger partial charge in [-0.2, -0.15) is 0 Å². The third-order valence-electron chi connectivity index (χ3n) is 3.20. The van der Waals surface area contributed by atoms with Gasteiger partial charge < -0.3 is 10.2 Å². The number of carbonyl (C=O) groups is 1. The molecule has 1 fully saturated rings. The van der Waals surface area contributed by atoms with Crippen molar-refractivity contribution < 1.29 is 14.4 Å². The van der Waals surface area contributed by atoms with Crippen molar-refractivity contribution in [2.24, 2.45) is 11.7 Å². The molecule has 1 aliphatic rings. The molecule has 5 nitrogen and oxygen atoms in total. The van der Waals surface area contributed by atoms with Crippen LogP contribution in [0.3, 0.4) is 0 Å². The number of hydrogen-bond donors (Lipinski definition) is 2. The fourth-order valence-corrected chi connectivity index (χ4v) is 2.11. The Balaban J connectivity index is 1.98. The summed E-state index contributed by atoms with van der Waals surface area (Å²) in [4.78, 5) is 10.8. The summed E-state index contributed by atoms with van der Waals surface area (Å²) in [5.41, 5.74) is 5.00. The maximum absolute atomic E-state index is 10.8. The van der Waals surface area contributed by atoms with E-state index in [-0.39, 0.29) is 17.9 Å². The first-order valence-corrected chi connectivity index (χ1v) is 5.34. The van der Waals surface area contributed by atoms with Crippen LogP contribution in [0.5, 0.6) is 0 Å². The standard InChI is InChI=1S/C11H16N2O3/c1-6-3-4-10(16-6)9-5-8(9)7(2)13(15)11(12)14/h3-4,7-9,15H,5H2,1-2H3,(H2,12,14). The minimum Gasteiger partial charge on any atom is -0.466 e. The second-order valence-corrected chi connectivity index (χ2v) is 4.38. The van der Waals surface area contributed by atoms with Gasteiger partial charge in [-0.15, -0.1) is 0 Å². The zero-order valence-electron chi connectivity index (χ0n) is 9.38. The molecule has 1 aromatic rings. The van der Waals surface area contributed by atoms with Crippen LogP contribution in [0, 0.1) is 12.8 Å². The van der Waals surface area contributed by atoms with Gasteiger partial charge in [0.25, 0.3) is 0 Å². The zero-order chi connectivity index (χ0) is 11.9. The van der Waals surface area contributed by atoms with E-state index >= 15 is 0 Å². The predicted octanol–water partition coefficient (Wildman–Crippen LogP) is 1.85. The van der Waals surface area contributed by atoms with Crippen molar-refractivity contribution in [3.63, 3.8) is 0 Å². The van der Waals surface area contributed by atoms with E-state index in [4.69, 9.17) is 10.2 Å². The lowest BCUT2D eigenvalue weighted by Crippen LogP contribution is -2.40. The number of aryl methyl sites for hydroxylation is 1. The van der Waals surface area contributed by atoms with Crippen LogP contribution in [0.1, 0.15) is 30.8 Å². The molecule has 1 aromatic heterocycles. The van der Waals surface area contributed by atoms with Crippen molar-refractivity contribution in [3.05, 3.63) is 23.7 Å². The molecule has 1 heterocycles. The molecule has 0 saturated heterocycles. The Kier molecular flexibility index (Phi) is 2.63. The number of primary amides is 1. The number of hydroxylamine groups is 2. The van der Waals surface area contributed by atoms with Gasteiger partial charge in [-0.3, -0.25) is 5.21 Å². The Morgan fingerprint density at radius 3 is 2.88 bits per heavy atom. The van der Waals surface area contributed by atoms with E-state index in [1.165, 1.54) is 0 Å². The third-order valence-corrected chi connectivity index (χ3v) is 3.20. The summed E-state index contributed by atoms with van der Waals surface area (Å²) in [6.07, 6.45) is 0.915. The van der Waals surface area contributed by atoms with Gasteiger partial charge in [0.2, 0.25) is 0 Å². The molecular formula is C11H16N2O3. The number of hydrogen-bond acceptors (Lipinski definition) is 3. The quantitative estimate of drug-likeness (QED) is 0.607. The van der Waals surface area contributed by atoms with Gasteiger partial charge in [-0.25, -0.2) is 9.86 Å². The Hall–Kier alpha value is -1.49. The molecule has 2 amide bonds. The molecular weight excluding hydrogens is 208 g/mol. The van der Waals surface area contributed by atoms with Crippen molar-refractivity contribution in [3.8, 4) is 0 Å². The van der Waals surface area contributed by atoms with Crippen LogP contribution in [-0.4, -0.2) is 22.3 Å². The number of urea groups is 1. The van der Waals surface area contributed by atoms with E-state index in [0.29, 0.717) is 5.06 Å². The van der Waals surface area contributed by atoms with Crippen molar-refractivity contribution in [1.82, 2.24) is 5.06 Å². The number of amides is 2. The molecule has 5 heteroatoms. The lowest BCUT2D eigenvalue weighted by Gasteiger charge is -2.20. The van der Waals surface area contributed by atoms with Gasteiger partial charge in [0.1, 0.15) is 11.5 Å². The lowest BCUT2D eigenvalue weighted by atomic mass is 10.1. The molecule has 3 N–H and O–H groups in total. The van der Waals surface area contributed by atoms with Crippen LogP contribution in [0.25, 0.3) is 0 Å². The Labute approximate surface area is 93.8 Å². The first-order valence-electron chi connectivity index (χ1n) is 5.34. The fraction of sp³-hybridized carbons (Fsp3) is 0.545. The van der Waals surface area contributed by atoms with E-state index in [2.05, 4.69) is 0 Å². The molecule has 2 rings (SSSR count). The molecule has 88 valence electrons. The monoisotopic (exact) mass is 224 g/mol. The number of nitrogens with two attached hydrogens (primary N) is 1. The second-order valence-electron chi connectivity index (χ2n) is 4.38. The van der Waals surface area contributed by atoms with Crippen molar-refractivity contribution in [2.75, 3.05) is 0 Å².